The van der Waals surface area contributed by atoms with Crippen molar-refractivity contribution >= 4 is 16.7 Å². The first-order valence-corrected chi connectivity index (χ1v) is 7.32. The summed E-state index contributed by atoms with van der Waals surface area (Å²) in [4.78, 5) is 11.7. The second-order valence-corrected chi connectivity index (χ2v) is 6.51. The third kappa shape index (κ3) is 2.80. The molecule has 1 N–H and O–H groups in total. The van der Waals surface area contributed by atoms with E-state index in [1.54, 1.807) is 0 Å². The summed E-state index contributed by atoms with van der Waals surface area (Å²) in [6, 6.07) is 0. The summed E-state index contributed by atoms with van der Waals surface area (Å²) in [6.45, 7) is 2.48. The maximum atomic E-state index is 11.7. The van der Waals surface area contributed by atoms with E-state index in [1.165, 1.54) is 6.42 Å². The second-order valence-electron chi connectivity index (χ2n) is 4.65. The first-order chi connectivity index (χ1) is 7.20. The number of carbonyl (C=O) groups excluding carboxylic acids is 1. The van der Waals surface area contributed by atoms with E-state index in [4.69, 9.17) is 0 Å². The molecule has 2 saturated carbocycles. The van der Waals surface area contributed by atoms with Crippen molar-refractivity contribution in [1.29, 1.82) is 0 Å². The molecule has 0 heterocycles. The fraction of sp³-hybridized carbons (Fsp3) is 0.909. The highest BCUT2D eigenvalue weighted by atomic mass is 32.2. The first-order valence-electron chi connectivity index (χ1n) is 5.83. The Kier molecular flexibility index (Phi) is 3.44. The molecule has 4 heteroatoms. The van der Waals surface area contributed by atoms with E-state index in [0.717, 1.165) is 24.7 Å². The van der Waals surface area contributed by atoms with Crippen molar-refractivity contribution in [2.24, 2.45) is 17.8 Å². The van der Waals surface area contributed by atoms with Crippen molar-refractivity contribution in [1.82, 2.24) is 5.32 Å². The van der Waals surface area contributed by atoms with Gasteiger partial charge in [0.1, 0.15) is 0 Å². The highest BCUT2D eigenvalue weighted by Gasteiger charge is 2.47. The molecule has 3 atom stereocenters. The fourth-order valence-electron chi connectivity index (χ4n) is 2.51. The quantitative estimate of drug-likeness (QED) is 0.762. The lowest BCUT2D eigenvalue weighted by atomic mass is 10.0. The molecule has 2 rings (SSSR count). The Balaban J connectivity index is 1.62. The van der Waals surface area contributed by atoms with Crippen LogP contribution in [-0.2, 0) is 15.6 Å². The van der Waals surface area contributed by atoms with Crippen molar-refractivity contribution in [3.63, 3.8) is 0 Å². The van der Waals surface area contributed by atoms with Crippen LogP contribution in [-0.4, -0.2) is 28.2 Å². The summed E-state index contributed by atoms with van der Waals surface area (Å²) < 4.78 is 11.1. The van der Waals surface area contributed by atoms with Crippen LogP contribution in [0.1, 0.15) is 26.2 Å². The minimum absolute atomic E-state index is 0.190. The van der Waals surface area contributed by atoms with Crippen molar-refractivity contribution < 1.29 is 9.00 Å². The predicted octanol–water partition coefficient (Wildman–Crippen LogP) is 0.917. The topological polar surface area (TPSA) is 46.2 Å². The van der Waals surface area contributed by atoms with Gasteiger partial charge in [0.25, 0.3) is 0 Å². The van der Waals surface area contributed by atoms with E-state index in [2.05, 4.69) is 5.32 Å². The van der Waals surface area contributed by atoms with Crippen molar-refractivity contribution in [2.75, 3.05) is 18.1 Å². The molecule has 86 valence electrons. The highest BCUT2D eigenvalue weighted by Crippen LogP contribution is 2.54. The first kappa shape index (κ1) is 11.1. The SMILES string of the molecule is CCS(=O)CCNC(=O)C1CC2CC2C1. The average molecular weight is 229 g/mol. The molecular formula is C11H19NO2S. The summed E-state index contributed by atoms with van der Waals surface area (Å²) in [5, 5.41) is 2.90. The van der Waals surface area contributed by atoms with Gasteiger partial charge in [-0.05, 0) is 31.1 Å². The van der Waals surface area contributed by atoms with E-state index in [0.29, 0.717) is 18.1 Å². The van der Waals surface area contributed by atoms with Gasteiger partial charge in [-0.15, -0.1) is 0 Å². The number of fused-ring (bicyclic) bond motifs is 1. The number of nitrogens with one attached hydrogen (secondary N) is 1. The van der Waals surface area contributed by atoms with Gasteiger partial charge in [-0.3, -0.25) is 9.00 Å². The van der Waals surface area contributed by atoms with E-state index in [9.17, 15) is 9.00 Å². The maximum absolute atomic E-state index is 11.7. The lowest BCUT2D eigenvalue weighted by molar-refractivity contribution is -0.124. The zero-order valence-corrected chi connectivity index (χ0v) is 10.0. The van der Waals surface area contributed by atoms with Crippen LogP contribution in [0.2, 0.25) is 0 Å². The lowest BCUT2D eigenvalue weighted by Crippen LogP contribution is -2.33. The van der Waals surface area contributed by atoms with Crippen LogP contribution in [0.4, 0.5) is 0 Å². The van der Waals surface area contributed by atoms with Gasteiger partial charge in [-0.25, -0.2) is 0 Å². The second kappa shape index (κ2) is 4.64. The molecule has 0 aliphatic heterocycles. The van der Waals surface area contributed by atoms with Crippen molar-refractivity contribution in [3.05, 3.63) is 0 Å². The predicted molar refractivity (Wildman–Crippen MR) is 60.9 cm³/mol. The Morgan fingerprint density at radius 3 is 2.60 bits per heavy atom. The van der Waals surface area contributed by atoms with Crippen LogP contribution in [0.5, 0.6) is 0 Å². The monoisotopic (exact) mass is 229 g/mol. The lowest BCUT2D eigenvalue weighted by Gasteiger charge is -2.11. The Labute approximate surface area is 93.5 Å². The van der Waals surface area contributed by atoms with Gasteiger partial charge < -0.3 is 5.32 Å². The van der Waals surface area contributed by atoms with Gasteiger partial charge in [0.05, 0.1) is 0 Å². The molecule has 0 bridgehead atoms. The summed E-state index contributed by atoms with van der Waals surface area (Å²) in [6.07, 6.45) is 3.53. The average Bonchev–Trinajstić information content (AvgIpc) is 2.85. The van der Waals surface area contributed by atoms with Crippen LogP contribution in [0.25, 0.3) is 0 Å². The Hall–Kier alpha value is -0.380. The normalized spacial score (nSPS) is 34.6. The molecule has 0 aromatic rings. The molecule has 0 radical (unpaired) electrons. The molecule has 0 aromatic carbocycles. The standard InChI is InChI=1S/C11H19NO2S/c1-2-15(14)4-3-12-11(13)10-6-8-5-9(8)7-10/h8-10H,2-7H2,1H3,(H,12,13). The van der Waals surface area contributed by atoms with Gasteiger partial charge in [0, 0.05) is 34.8 Å². The zero-order valence-electron chi connectivity index (χ0n) is 9.20. The summed E-state index contributed by atoms with van der Waals surface area (Å²) in [5.41, 5.74) is 0. The minimum atomic E-state index is -0.758. The molecule has 15 heavy (non-hydrogen) atoms. The molecule has 2 fully saturated rings. The van der Waals surface area contributed by atoms with Gasteiger partial charge in [0.15, 0.2) is 0 Å². The number of hydrogen-bond donors (Lipinski definition) is 1. The molecule has 3 nitrogen and oxygen atoms in total. The number of carbonyl (C=O) groups is 1. The van der Waals surface area contributed by atoms with Gasteiger partial charge in [-0.1, -0.05) is 6.92 Å². The Morgan fingerprint density at radius 2 is 2.00 bits per heavy atom. The van der Waals surface area contributed by atoms with E-state index in [1.807, 2.05) is 6.92 Å². The van der Waals surface area contributed by atoms with E-state index >= 15 is 0 Å². The number of hydrogen-bond acceptors (Lipinski definition) is 2. The van der Waals surface area contributed by atoms with E-state index < -0.39 is 10.8 Å². The van der Waals surface area contributed by atoms with Crippen LogP contribution in [0, 0.1) is 17.8 Å². The summed E-state index contributed by atoms with van der Waals surface area (Å²) in [7, 11) is -0.758. The van der Waals surface area contributed by atoms with Gasteiger partial charge in [-0.2, -0.15) is 0 Å². The minimum Gasteiger partial charge on any atom is -0.355 e. The highest BCUT2D eigenvalue weighted by molar-refractivity contribution is 7.84. The largest absolute Gasteiger partial charge is 0.355 e. The maximum Gasteiger partial charge on any atom is 0.223 e. The van der Waals surface area contributed by atoms with E-state index in [-0.39, 0.29) is 11.8 Å². The Bertz CT molecular complexity index is 270. The summed E-state index contributed by atoms with van der Waals surface area (Å²) in [5.74, 6) is 3.43. The Morgan fingerprint density at radius 1 is 1.33 bits per heavy atom. The molecule has 0 aromatic heterocycles. The smallest absolute Gasteiger partial charge is 0.223 e. The van der Waals surface area contributed by atoms with Crippen LogP contribution >= 0.6 is 0 Å². The van der Waals surface area contributed by atoms with Crippen LogP contribution < -0.4 is 5.32 Å². The zero-order chi connectivity index (χ0) is 10.8. The summed E-state index contributed by atoms with van der Waals surface area (Å²) >= 11 is 0. The molecule has 1 amide bonds. The molecule has 2 aliphatic carbocycles. The third-order valence-corrected chi connectivity index (χ3v) is 4.87. The van der Waals surface area contributed by atoms with Gasteiger partial charge >= 0.3 is 0 Å². The van der Waals surface area contributed by atoms with Crippen LogP contribution in [0.3, 0.4) is 0 Å². The number of amides is 1. The molecule has 0 saturated heterocycles. The molecule has 0 spiro atoms. The van der Waals surface area contributed by atoms with Crippen molar-refractivity contribution in [2.45, 2.75) is 26.2 Å². The molecule has 3 unspecified atom stereocenters. The van der Waals surface area contributed by atoms with Crippen molar-refractivity contribution in [3.8, 4) is 0 Å². The fourth-order valence-corrected chi connectivity index (χ4v) is 3.12. The van der Waals surface area contributed by atoms with Gasteiger partial charge in [0.2, 0.25) is 5.91 Å². The number of rotatable bonds is 5. The van der Waals surface area contributed by atoms with Crippen LogP contribution in [0.15, 0.2) is 0 Å². The molecule has 2 aliphatic rings. The molecular weight excluding hydrogens is 210 g/mol. The third-order valence-electron chi connectivity index (χ3n) is 3.57.